The highest BCUT2D eigenvalue weighted by molar-refractivity contribution is 5.94. The Morgan fingerprint density at radius 2 is 1.73 bits per heavy atom. The number of pyridine rings is 1. The van der Waals surface area contributed by atoms with Crippen LogP contribution in [0, 0.1) is 0 Å². The number of carboxylic acid groups (broad SMARTS) is 1. The number of hydrazone groups is 1. The maximum absolute atomic E-state index is 11.6. The molecule has 1 heterocycles. The molecule has 22 heavy (non-hydrogen) atoms. The zero-order valence-corrected chi connectivity index (χ0v) is 11.1. The number of carbonyl (C=O) groups excluding carboxylic acids is 1. The van der Waals surface area contributed by atoms with Gasteiger partial charge in [0.25, 0.3) is 5.91 Å². The van der Waals surface area contributed by atoms with Crippen molar-refractivity contribution in [2.45, 2.75) is 24.4 Å². The molecule has 1 aromatic rings. The van der Waals surface area contributed by atoms with E-state index in [1.807, 2.05) is 5.43 Å². The van der Waals surface area contributed by atoms with Crippen LogP contribution >= 0.6 is 0 Å². The minimum absolute atomic E-state index is 0.253. The summed E-state index contributed by atoms with van der Waals surface area (Å²) in [4.78, 5) is 25.7. The van der Waals surface area contributed by atoms with Gasteiger partial charge in [-0.3, -0.25) is 9.78 Å². The highest BCUT2D eigenvalue weighted by atomic mass is 16.4. The fraction of sp³-hybridized carbons (Fsp3) is 0.333. The summed E-state index contributed by atoms with van der Waals surface area (Å²) < 4.78 is 0. The summed E-state index contributed by atoms with van der Waals surface area (Å²) >= 11 is 0. The van der Waals surface area contributed by atoms with E-state index in [9.17, 15) is 24.9 Å². The van der Waals surface area contributed by atoms with E-state index in [0.29, 0.717) is 6.21 Å². The second-order valence-corrected chi connectivity index (χ2v) is 4.21. The summed E-state index contributed by atoms with van der Waals surface area (Å²) in [6.45, 7) is 0. The number of aliphatic hydroxyl groups is 4. The maximum atomic E-state index is 11.6. The molecule has 6 N–H and O–H groups in total. The van der Waals surface area contributed by atoms with Crippen LogP contribution in [0.5, 0.6) is 0 Å². The molecule has 4 atom stereocenters. The van der Waals surface area contributed by atoms with E-state index in [1.54, 1.807) is 0 Å². The van der Waals surface area contributed by atoms with Crippen LogP contribution in [0.15, 0.2) is 29.6 Å². The summed E-state index contributed by atoms with van der Waals surface area (Å²) in [5.41, 5.74) is 2.30. The Labute approximate surface area is 124 Å². The van der Waals surface area contributed by atoms with Crippen LogP contribution in [0.4, 0.5) is 0 Å². The average molecular weight is 313 g/mol. The monoisotopic (exact) mass is 313 g/mol. The number of amides is 1. The van der Waals surface area contributed by atoms with Gasteiger partial charge in [0, 0.05) is 18.0 Å². The van der Waals surface area contributed by atoms with Crippen molar-refractivity contribution in [3.8, 4) is 0 Å². The number of carbonyl (C=O) groups is 2. The van der Waals surface area contributed by atoms with Gasteiger partial charge in [-0.2, -0.15) is 5.10 Å². The van der Waals surface area contributed by atoms with E-state index in [0.717, 1.165) is 0 Å². The van der Waals surface area contributed by atoms with Crippen molar-refractivity contribution in [1.29, 1.82) is 0 Å². The first-order chi connectivity index (χ1) is 10.3. The van der Waals surface area contributed by atoms with E-state index in [-0.39, 0.29) is 5.56 Å². The quantitative estimate of drug-likeness (QED) is 0.233. The molecule has 0 saturated heterocycles. The van der Waals surface area contributed by atoms with Gasteiger partial charge in [-0.15, -0.1) is 0 Å². The molecule has 0 aliphatic carbocycles. The van der Waals surface area contributed by atoms with Crippen molar-refractivity contribution in [1.82, 2.24) is 10.4 Å². The molecule has 10 heteroatoms. The summed E-state index contributed by atoms with van der Waals surface area (Å²) in [6, 6.07) is 2.84. The number of aliphatic hydroxyl groups excluding tert-OH is 4. The van der Waals surface area contributed by atoms with Crippen LogP contribution in [0.3, 0.4) is 0 Å². The molecule has 0 aliphatic heterocycles. The number of rotatable bonds is 7. The number of hydrogen-bond acceptors (Lipinski definition) is 8. The Hall–Kier alpha value is -2.40. The van der Waals surface area contributed by atoms with Gasteiger partial charge in [0.1, 0.15) is 18.3 Å². The van der Waals surface area contributed by atoms with Gasteiger partial charge >= 0.3 is 5.97 Å². The number of aliphatic carboxylic acids is 1. The zero-order chi connectivity index (χ0) is 16.7. The van der Waals surface area contributed by atoms with E-state index >= 15 is 0 Å². The van der Waals surface area contributed by atoms with Crippen LogP contribution < -0.4 is 5.43 Å². The van der Waals surface area contributed by atoms with Gasteiger partial charge in [0.15, 0.2) is 6.10 Å². The fourth-order valence-corrected chi connectivity index (χ4v) is 1.36. The van der Waals surface area contributed by atoms with E-state index < -0.39 is 36.3 Å². The van der Waals surface area contributed by atoms with Crippen LogP contribution in [0.25, 0.3) is 0 Å². The number of nitrogens with one attached hydrogen (secondary N) is 1. The van der Waals surface area contributed by atoms with Gasteiger partial charge in [-0.25, -0.2) is 10.2 Å². The molecular formula is C12H15N3O7. The van der Waals surface area contributed by atoms with Crippen LogP contribution in [0.2, 0.25) is 0 Å². The fourth-order valence-electron chi connectivity index (χ4n) is 1.36. The van der Waals surface area contributed by atoms with Crippen LogP contribution in [-0.4, -0.2) is 73.0 Å². The molecule has 1 rings (SSSR count). The second-order valence-electron chi connectivity index (χ2n) is 4.21. The van der Waals surface area contributed by atoms with Gasteiger partial charge in [-0.05, 0) is 12.1 Å². The first-order valence-electron chi connectivity index (χ1n) is 6.03. The average Bonchev–Trinajstić information content (AvgIpc) is 2.53. The Morgan fingerprint density at radius 1 is 1.14 bits per heavy atom. The van der Waals surface area contributed by atoms with E-state index in [2.05, 4.69) is 10.1 Å². The lowest BCUT2D eigenvalue weighted by molar-refractivity contribution is -0.160. The lowest BCUT2D eigenvalue weighted by Gasteiger charge is -2.22. The third kappa shape index (κ3) is 4.86. The molecule has 1 aromatic heterocycles. The molecule has 4 unspecified atom stereocenters. The zero-order valence-electron chi connectivity index (χ0n) is 11.1. The molecule has 0 fully saturated rings. The first kappa shape index (κ1) is 17.7. The summed E-state index contributed by atoms with van der Waals surface area (Å²) in [5.74, 6) is -2.37. The third-order valence-electron chi connectivity index (χ3n) is 2.61. The lowest BCUT2D eigenvalue weighted by Crippen LogP contribution is -2.48. The topological polar surface area (TPSA) is 173 Å². The summed E-state index contributed by atoms with van der Waals surface area (Å²) in [5, 5.41) is 49.1. The highest BCUT2D eigenvalue weighted by Crippen LogP contribution is 2.04. The molecule has 10 nitrogen and oxygen atoms in total. The maximum Gasteiger partial charge on any atom is 0.335 e. The largest absolute Gasteiger partial charge is 0.479 e. The normalized spacial score (nSPS) is 16.7. The Bertz CT molecular complexity index is 537. The second kappa shape index (κ2) is 8.14. The number of aromatic nitrogens is 1. The number of nitrogens with zero attached hydrogens (tertiary/aromatic N) is 2. The van der Waals surface area contributed by atoms with Crippen LogP contribution in [0.1, 0.15) is 10.4 Å². The predicted molar refractivity (Wildman–Crippen MR) is 71.9 cm³/mol. The van der Waals surface area contributed by atoms with Crippen molar-refractivity contribution >= 4 is 18.1 Å². The Kier molecular flexibility index (Phi) is 6.53. The Morgan fingerprint density at radius 3 is 2.27 bits per heavy atom. The third-order valence-corrected chi connectivity index (χ3v) is 2.61. The predicted octanol–water partition coefficient (Wildman–Crippen LogP) is -2.67. The first-order valence-corrected chi connectivity index (χ1v) is 6.03. The van der Waals surface area contributed by atoms with Gasteiger partial charge < -0.3 is 25.5 Å². The molecule has 0 saturated carbocycles. The minimum Gasteiger partial charge on any atom is -0.479 e. The van der Waals surface area contributed by atoms with Crippen molar-refractivity contribution < 1.29 is 35.1 Å². The molecule has 0 spiro atoms. The molecule has 0 bridgehead atoms. The SMILES string of the molecule is O=C(N/N=C\C(O)C(O)C(O)C(O)C(=O)O)c1ccncc1. The molecule has 0 aromatic carbocycles. The standard InChI is InChI=1S/C12H15N3O7/c16-7(8(17)9(18)10(19)12(21)22)5-14-15-11(20)6-1-3-13-4-2-6/h1-5,7-10,16-19H,(H,15,20)(H,21,22)/b14-5-. The summed E-state index contributed by atoms with van der Waals surface area (Å²) in [7, 11) is 0. The molecular weight excluding hydrogens is 298 g/mol. The van der Waals surface area contributed by atoms with E-state index in [4.69, 9.17) is 10.2 Å². The van der Waals surface area contributed by atoms with Crippen molar-refractivity contribution in [2.75, 3.05) is 0 Å². The van der Waals surface area contributed by atoms with Gasteiger partial charge in [0.2, 0.25) is 0 Å². The summed E-state index contributed by atoms with van der Waals surface area (Å²) in [6.07, 6.45) is -4.75. The smallest absolute Gasteiger partial charge is 0.335 e. The van der Waals surface area contributed by atoms with Crippen LogP contribution in [-0.2, 0) is 4.79 Å². The molecule has 120 valence electrons. The van der Waals surface area contributed by atoms with Gasteiger partial charge in [0.05, 0.1) is 6.21 Å². The highest BCUT2D eigenvalue weighted by Gasteiger charge is 2.33. The van der Waals surface area contributed by atoms with Gasteiger partial charge in [-0.1, -0.05) is 0 Å². The Balaban J connectivity index is 2.55. The van der Waals surface area contributed by atoms with E-state index in [1.165, 1.54) is 24.5 Å². The van der Waals surface area contributed by atoms with Crippen molar-refractivity contribution in [2.24, 2.45) is 5.10 Å². The molecule has 0 radical (unpaired) electrons. The minimum atomic E-state index is -2.27. The lowest BCUT2D eigenvalue weighted by atomic mass is 10.0. The molecule has 1 amide bonds. The molecule has 0 aliphatic rings. The van der Waals surface area contributed by atoms with Crippen molar-refractivity contribution in [3.63, 3.8) is 0 Å². The number of hydrogen-bond donors (Lipinski definition) is 6. The number of carboxylic acids is 1. The van der Waals surface area contributed by atoms with Crippen molar-refractivity contribution in [3.05, 3.63) is 30.1 Å².